The van der Waals surface area contributed by atoms with Crippen LogP contribution in [0.1, 0.15) is 13.8 Å². The van der Waals surface area contributed by atoms with Crippen LogP contribution in [-0.2, 0) is 0 Å². The van der Waals surface area contributed by atoms with Gasteiger partial charge in [-0.2, -0.15) is 0 Å². The summed E-state index contributed by atoms with van der Waals surface area (Å²) in [5.74, 6) is 0.742. The number of phenols is 1. The maximum atomic E-state index is 9.73. The third kappa shape index (κ3) is 2.04. The van der Waals surface area contributed by atoms with Gasteiger partial charge in [-0.15, -0.1) is 0 Å². The number of hydrogen-bond acceptors (Lipinski definition) is 2. The van der Waals surface area contributed by atoms with Crippen molar-refractivity contribution in [3.63, 3.8) is 0 Å². The molecule has 1 N–H and O–H groups in total. The fourth-order valence-electron chi connectivity index (χ4n) is 1.56. The summed E-state index contributed by atoms with van der Waals surface area (Å²) in [5, 5.41) is 11.8. The smallest absolute Gasteiger partial charge is 0.161 e. The lowest BCUT2D eigenvalue weighted by Crippen LogP contribution is -2.05. The Bertz CT molecular complexity index is 475. The molecule has 78 valence electrons. The fourth-order valence-corrected chi connectivity index (χ4v) is 1.56. The zero-order chi connectivity index (χ0) is 10.8. The van der Waals surface area contributed by atoms with Crippen LogP contribution < -0.4 is 4.74 Å². The van der Waals surface area contributed by atoms with Crippen LogP contribution in [0.3, 0.4) is 0 Å². The molecule has 0 radical (unpaired) electrons. The van der Waals surface area contributed by atoms with E-state index >= 15 is 0 Å². The molecular weight excluding hydrogens is 188 g/mol. The van der Waals surface area contributed by atoms with Crippen LogP contribution in [-0.4, -0.2) is 11.2 Å². The first kappa shape index (κ1) is 9.84. The van der Waals surface area contributed by atoms with Crippen LogP contribution in [0.25, 0.3) is 10.8 Å². The molecule has 2 rings (SSSR count). The second kappa shape index (κ2) is 3.81. The molecule has 0 aliphatic heterocycles. The molecule has 0 atom stereocenters. The Hall–Kier alpha value is -1.70. The summed E-state index contributed by atoms with van der Waals surface area (Å²) in [5.41, 5.74) is 0. The largest absolute Gasteiger partial charge is 0.504 e. The maximum absolute atomic E-state index is 9.73. The molecule has 0 fully saturated rings. The normalized spacial score (nSPS) is 10.9. The Kier molecular flexibility index (Phi) is 2.50. The maximum Gasteiger partial charge on any atom is 0.161 e. The zero-order valence-corrected chi connectivity index (χ0v) is 8.90. The molecule has 2 aromatic carbocycles. The number of fused-ring (bicyclic) bond motifs is 1. The molecule has 0 spiro atoms. The average molecular weight is 202 g/mol. The summed E-state index contributed by atoms with van der Waals surface area (Å²) < 4.78 is 5.50. The standard InChI is InChI=1S/C13H14O2/c1-9(2)15-13-8-11-6-4-3-5-10(11)7-12(13)14/h3-9,14H,1-2H3. The first-order chi connectivity index (χ1) is 7.16. The van der Waals surface area contributed by atoms with Gasteiger partial charge in [-0.3, -0.25) is 0 Å². The summed E-state index contributed by atoms with van der Waals surface area (Å²) >= 11 is 0. The Labute approximate surface area is 89.1 Å². The van der Waals surface area contributed by atoms with Gasteiger partial charge in [0.05, 0.1) is 6.10 Å². The van der Waals surface area contributed by atoms with Crippen molar-refractivity contribution in [2.24, 2.45) is 0 Å². The van der Waals surface area contributed by atoms with Crippen molar-refractivity contribution in [2.75, 3.05) is 0 Å². The molecule has 2 aromatic rings. The minimum absolute atomic E-state index is 0.0667. The lowest BCUT2D eigenvalue weighted by atomic mass is 10.1. The lowest BCUT2D eigenvalue weighted by Gasteiger charge is -2.12. The van der Waals surface area contributed by atoms with E-state index in [1.807, 2.05) is 44.2 Å². The molecule has 15 heavy (non-hydrogen) atoms. The summed E-state index contributed by atoms with van der Waals surface area (Å²) in [4.78, 5) is 0. The van der Waals surface area contributed by atoms with E-state index in [0.29, 0.717) is 5.75 Å². The highest BCUT2D eigenvalue weighted by Crippen LogP contribution is 2.31. The minimum Gasteiger partial charge on any atom is -0.504 e. The Morgan fingerprint density at radius 2 is 1.67 bits per heavy atom. The van der Waals surface area contributed by atoms with Crippen molar-refractivity contribution in [1.82, 2.24) is 0 Å². The van der Waals surface area contributed by atoms with Gasteiger partial charge in [-0.05, 0) is 36.8 Å². The van der Waals surface area contributed by atoms with Gasteiger partial charge < -0.3 is 9.84 Å². The van der Waals surface area contributed by atoms with Gasteiger partial charge in [-0.25, -0.2) is 0 Å². The van der Waals surface area contributed by atoms with Crippen LogP contribution in [0, 0.1) is 0 Å². The molecule has 0 saturated carbocycles. The van der Waals surface area contributed by atoms with Crippen LogP contribution in [0.2, 0.25) is 0 Å². The van der Waals surface area contributed by atoms with E-state index in [0.717, 1.165) is 10.8 Å². The molecule has 0 aliphatic carbocycles. The van der Waals surface area contributed by atoms with Crippen molar-refractivity contribution < 1.29 is 9.84 Å². The van der Waals surface area contributed by atoms with Crippen molar-refractivity contribution in [3.05, 3.63) is 36.4 Å². The van der Waals surface area contributed by atoms with E-state index in [4.69, 9.17) is 4.74 Å². The molecule has 0 aromatic heterocycles. The molecule has 0 amide bonds. The van der Waals surface area contributed by atoms with E-state index in [9.17, 15) is 5.11 Å². The summed E-state index contributed by atoms with van der Waals surface area (Å²) in [6.07, 6.45) is 0.0667. The summed E-state index contributed by atoms with van der Waals surface area (Å²) in [6.45, 7) is 3.88. The zero-order valence-electron chi connectivity index (χ0n) is 8.90. The molecule has 2 heteroatoms. The van der Waals surface area contributed by atoms with E-state index in [1.165, 1.54) is 0 Å². The summed E-state index contributed by atoms with van der Waals surface area (Å²) in [7, 11) is 0. The quantitative estimate of drug-likeness (QED) is 0.809. The Morgan fingerprint density at radius 3 is 2.27 bits per heavy atom. The SMILES string of the molecule is CC(C)Oc1cc2ccccc2cc1O. The van der Waals surface area contributed by atoms with Gasteiger partial charge in [0.15, 0.2) is 11.5 Å². The van der Waals surface area contributed by atoms with Gasteiger partial charge >= 0.3 is 0 Å². The second-order valence-electron chi connectivity index (χ2n) is 3.83. The lowest BCUT2D eigenvalue weighted by molar-refractivity contribution is 0.232. The van der Waals surface area contributed by atoms with Crippen molar-refractivity contribution in [3.8, 4) is 11.5 Å². The molecule has 0 saturated heterocycles. The minimum atomic E-state index is 0.0667. The predicted molar refractivity (Wildman–Crippen MR) is 61.4 cm³/mol. The molecule has 0 unspecified atom stereocenters. The van der Waals surface area contributed by atoms with Crippen LogP contribution >= 0.6 is 0 Å². The molecule has 2 nitrogen and oxygen atoms in total. The van der Waals surface area contributed by atoms with Gasteiger partial charge in [-0.1, -0.05) is 24.3 Å². The number of benzene rings is 2. The summed E-state index contributed by atoms with van der Waals surface area (Å²) in [6, 6.07) is 11.5. The van der Waals surface area contributed by atoms with Crippen LogP contribution in [0.5, 0.6) is 11.5 Å². The van der Waals surface area contributed by atoms with Gasteiger partial charge in [0.25, 0.3) is 0 Å². The average Bonchev–Trinajstić information content (AvgIpc) is 2.18. The first-order valence-corrected chi connectivity index (χ1v) is 5.05. The third-order valence-electron chi connectivity index (χ3n) is 2.19. The van der Waals surface area contributed by atoms with E-state index in [1.54, 1.807) is 6.07 Å². The molecule has 0 heterocycles. The van der Waals surface area contributed by atoms with Crippen LogP contribution in [0.4, 0.5) is 0 Å². The molecule has 0 aliphatic rings. The number of aromatic hydroxyl groups is 1. The highest BCUT2D eigenvalue weighted by Gasteiger charge is 2.06. The number of phenolic OH excluding ortho intramolecular Hbond substituents is 1. The van der Waals surface area contributed by atoms with Crippen molar-refractivity contribution >= 4 is 10.8 Å². The highest BCUT2D eigenvalue weighted by molar-refractivity contribution is 5.85. The van der Waals surface area contributed by atoms with Gasteiger partial charge in [0.2, 0.25) is 0 Å². The number of hydrogen-bond donors (Lipinski definition) is 1. The molecular formula is C13H14O2. The monoisotopic (exact) mass is 202 g/mol. The topological polar surface area (TPSA) is 29.5 Å². The number of rotatable bonds is 2. The Morgan fingerprint density at radius 1 is 1.07 bits per heavy atom. The third-order valence-corrected chi connectivity index (χ3v) is 2.19. The van der Waals surface area contributed by atoms with Gasteiger partial charge in [0.1, 0.15) is 0 Å². The van der Waals surface area contributed by atoms with Crippen molar-refractivity contribution in [1.29, 1.82) is 0 Å². The number of ether oxygens (including phenoxy) is 1. The van der Waals surface area contributed by atoms with E-state index in [-0.39, 0.29) is 11.9 Å². The Balaban J connectivity index is 2.52. The van der Waals surface area contributed by atoms with Gasteiger partial charge in [0, 0.05) is 0 Å². The molecule has 0 bridgehead atoms. The van der Waals surface area contributed by atoms with Crippen LogP contribution in [0.15, 0.2) is 36.4 Å². The van der Waals surface area contributed by atoms with E-state index in [2.05, 4.69) is 0 Å². The second-order valence-corrected chi connectivity index (χ2v) is 3.83. The predicted octanol–water partition coefficient (Wildman–Crippen LogP) is 3.33. The van der Waals surface area contributed by atoms with E-state index < -0.39 is 0 Å². The fraction of sp³-hybridized carbons (Fsp3) is 0.231. The van der Waals surface area contributed by atoms with Crippen molar-refractivity contribution in [2.45, 2.75) is 20.0 Å². The highest BCUT2D eigenvalue weighted by atomic mass is 16.5. The first-order valence-electron chi connectivity index (χ1n) is 5.05.